The number of nitrogens with zero attached hydrogens (tertiary/aromatic N) is 1. The van der Waals surface area contributed by atoms with Gasteiger partial charge in [-0.3, -0.25) is 9.69 Å². The van der Waals surface area contributed by atoms with E-state index in [2.05, 4.69) is 22.3 Å². The first-order chi connectivity index (χ1) is 10.2. The molecule has 0 unspecified atom stereocenters. The highest BCUT2D eigenvalue weighted by atomic mass is 35.5. The van der Waals surface area contributed by atoms with E-state index in [9.17, 15) is 4.79 Å². The van der Waals surface area contributed by atoms with Crippen molar-refractivity contribution in [2.75, 3.05) is 33.4 Å². The number of ether oxygens (including phenoxy) is 1. The van der Waals surface area contributed by atoms with Crippen LogP contribution in [0.2, 0.25) is 5.02 Å². The van der Waals surface area contributed by atoms with E-state index >= 15 is 0 Å². The molecular weight excluding hydrogens is 288 g/mol. The van der Waals surface area contributed by atoms with Crippen LogP contribution in [0.1, 0.15) is 18.4 Å². The highest BCUT2D eigenvalue weighted by Gasteiger charge is 2.24. The Bertz CT molecular complexity index is 442. The van der Waals surface area contributed by atoms with Crippen LogP contribution < -0.4 is 5.32 Å². The topological polar surface area (TPSA) is 41.6 Å². The van der Waals surface area contributed by atoms with Gasteiger partial charge < -0.3 is 10.1 Å². The fourth-order valence-corrected chi connectivity index (χ4v) is 2.75. The van der Waals surface area contributed by atoms with Crippen LogP contribution in [0.15, 0.2) is 24.3 Å². The second kappa shape index (κ2) is 8.37. The Morgan fingerprint density at radius 3 is 2.62 bits per heavy atom. The lowest BCUT2D eigenvalue weighted by Crippen LogP contribution is -2.41. The smallest absolute Gasteiger partial charge is 0.223 e. The van der Waals surface area contributed by atoms with Crippen LogP contribution in [0, 0.1) is 5.92 Å². The monoisotopic (exact) mass is 310 g/mol. The van der Waals surface area contributed by atoms with E-state index in [1.165, 1.54) is 5.56 Å². The molecule has 1 N–H and O–H groups in total. The summed E-state index contributed by atoms with van der Waals surface area (Å²) in [5.74, 6) is 0.307. The van der Waals surface area contributed by atoms with Crippen LogP contribution in [0.25, 0.3) is 0 Å². The van der Waals surface area contributed by atoms with E-state index in [0.717, 1.165) is 37.5 Å². The molecule has 0 saturated carbocycles. The number of amides is 1. The zero-order valence-electron chi connectivity index (χ0n) is 12.5. The number of piperidine rings is 1. The summed E-state index contributed by atoms with van der Waals surface area (Å²) in [6.07, 6.45) is 1.85. The van der Waals surface area contributed by atoms with Crippen LogP contribution in [0.5, 0.6) is 0 Å². The standard InChI is InChI=1S/C16H23ClN2O2/c1-21-11-8-18-16(20)14-6-9-19(10-7-14)12-13-2-4-15(17)5-3-13/h2-5,14H,6-12H2,1H3,(H,18,20). The lowest BCUT2D eigenvalue weighted by atomic mass is 9.95. The number of benzene rings is 1. The molecule has 0 bridgehead atoms. The Kier molecular flexibility index (Phi) is 6.49. The van der Waals surface area contributed by atoms with Crippen molar-refractivity contribution in [3.05, 3.63) is 34.9 Å². The maximum absolute atomic E-state index is 12.0. The second-order valence-corrected chi connectivity index (χ2v) is 5.90. The van der Waals surface area contributed by atoms with Gasteiger partial charge in [-0.15, -0.1) is 0 Å². The Morgan fingerprint density at radius 1 is 1.33 bits per heavy atom. The number of methoxy groups -OCH3 is 1. The van der Waals surface area contributed by atoms with Gasteiger partial charge in [0.2, 0.25) is 5.91 Å². The minimum Gasteiger partial charge on any atom is -0.383 e. The quantitative estimate of drug-likeness (QED) is 0.820. The fourth-order valence-electron chi connectivity index (χ4n) is 2.62. The lowest BCUT2D eigenvalue weighted by Gasteiger charge is -2.31. The fraction of sp³-hybridized carbons (Fsp3) is 0.562. The number of nitrogens with one attached hydrogen (secondary N) is 1. The van der Waals surface area contributed by atoms with Gasteiger partial charge in [0.05, 0.1) is 6.61 Å². The molecule has 1 amide bonds. The number of halogens is 1. The summed E-state index contributed by atoms with van der Waals surface area (Å²) >= 11 is 5.89. The van der Waals surface area contributed by atoms with Gasteiger partial charge in [0.25, 0.3) is 0 Å². The molecule has 0 atom stereocenters. The average molecular weight is 311 g/mol. The van der Waals surface area contributed by atoms with Gasteiger partial charge in [-0.2, -0.15) is 0 Å². The van der Waals surface area contributed by atoms with Crippen molar-refractivity contribution in [2.24, 2.45) is 5.92 Å². The number of rotatable bonds is 6. The molecule has 21 heavy (non-hydrogen) atoms. The maximum atomic E-state index is 12.0. The molecule has 0 aliphatic carbocycles. The summed E-state index contributed by atoms with van der Waals surface area (Å²) < 4.78 is 4.94. The van der Waals surface area contributed by atoms with Gasteiger partial charge in [0.1, 0.15) is 0 Å². The molecule has 1 fully saturated rings. The van der Waals surface area contributed by atoms with Crippen LogP contribution >= 0.6 is 11.6 Å². The molecule has 1 saturated heterocycles. The molecule has 1 aliphatic rings. The zero-order chi connectivity index (χ0) is 15.1. The van der Waals surface area contributed by atoms with Crippen LogP contribution in [-0.4, -0.2) is 44.2 Å². The highest BCUT2D eigenvalue weighted by Crippen LogP contribution is 2.19. The summed E-state index contributed by atoms with van der Waals surface area (Å²) in [4.78, 5) is 14.4. The van der Waals surface area contributed by atoms with E-state index in [-0.39, 0.29) is 11.8 Å². The molecule has 1 aliphatic heterocycles. The third kappa shape index (κ3) is 5.30. The van der Waals surface area contributed by atoms with Gasteiger partial charge in [0.15, 0.2) is 0 Å². The predicted molar refractivity (Wildman–Crippen MR) is 84.3 cm³/mol. The summed E-state index contributed by atoms with van der Waals surface area (Å²) in [7, 11) is 1.64. The first kappa shape index (κ1) is 16.3. The van der Waals surface area contributed by atoms with Crippen LogP contribution in [0.4, 0.5) is 0 Å². The summed E-state index contributed by atoms with van der Waals surface area (Å²) in [5.41, 5.74) is 1.27. The Morgan fingerprint density at radius 2 is 2.00 bits per heavy atom. The van der Waals surface area contributed by atoms with Crippen molar-refractivity contribution in [3.63, 3.8) is 0 Å². The zero-order valence-corrected chi connectivity index (χ0v) is 13.2. The molecule has 1 aromatic carbocycles. The molecule has 0 radical (unpaired) electrons. The van der Waals surface area contributed by atoms with Crippen LogP contribution in [0.3, 0.4) is 0 Å². The molecule has 1 heterocycles. The molecular formula is C16H23ClN2O2. The van der Waals surface area contributed by atoms with Crippen LogP contribution in [-0.2, 0) is 16.1 Å². The normalized spacial score (nSPS) is 16.9. The van der Waals surface area contributed by atoms with Crippen molar-refractivity contribution < 1.29 is 9.53 Å². The van der Waals surface area contributed by atoms with Gasteiger partial charge in [0, 0.05) is 31.1 Å². The lowest BCUT2D eigenvalue weighted by molar-refractivity contribution is -0.126. The predicted octanol–water partition coefficient (Wildman–Crippen LogP) is 2.31. The van der Waals surface area contributed by atoms with E-state index in [4.69, 9.17) is 16.3 Å². The number of hydrogen-bond donors (Lipinski definition) is 1. The number of carbonyl (C=O) groups excluding carboxylic acids is 1. The second-order valence-electron chi connectivity index (χ2n) is 5.46. The van der Waals surface area contributed by atoms with E-state index < -0.39 is 0 Å². The minimum absolute atomic E-state index is 0.142. The molecule has 0 aromatic heterocycles. The first-order valence-electron chi connectivity index (χ1n) is 7.42. The third-order valence-electron chi connectivity index (χ3n) is 3.88. The number of likely N-dealkylation sites (tertiary alicyclic amines) is 1. The van der Waals surface area contributed by atoms with Crippen molar-refractivity contribution >= 4 is 17.5 Å². The largest absolute Gasteiger partial charge is 0.383 e. The average Bonchev–Trinajstić information content (AvgIpc) is 2.50. The van der Waals surface area contributed by atoms with Gasteiger partial charge in [-0.25, -0.2) is 0 Å². The minimum atomic E-state index is 0.142. The van der Waals surface area contributed by atoms with Gasteiger partial charge in [-0.05, 0) is 43.6 Å². The molecule has 2 rings (SSSR count). The molecule has 5 heteroatoms. The molecule has 0 spiro atoms. The summed E-state index contributed by atoms with van der Waals surface area (Å²) in [6, 6.07) is 7.97. The van der Waals surface area contributed by atoms with Gasteiger partial charge >= 0.3 is 0 Å². The Labute approximate surface area is 131 Å². The Hall–Kier alpha value is -1.10. The first-order valence-corrected chi connectivity index (χ1v) is 7.80. The molecule has 116 valence electrons. The number of hydrogen-bond acceptors (Lipinski definition) is 3. The van der Waals surface area contributed by atoms with Crippen molar-refractivity contribution in [1.82, 2.24) is 10.2 Å². The summed E-state index contributed by atoms with van der Waals surface area (Å²) in [5, 5.41) is 3.70. The molecule has 4 nitrogen and oxygen atoms in total. The van der Waals surface area contributed by atoms with E-state index in [0.29, 0.717) is 13.2 Å². The van der Waals surface area contributed by atoms with Crippen molar-refractivity contribution in [2.45, 2.75) is 19.4 Å². The van der Waals surface area contributed by atoms with E-state index in [1.807, 2.05) is 12.1 Å². The van der Waals surface area contributed by atoms with Gasteiger partial charge in [-0.1, -0.05) is 23.7 Å². The SMILES string of the molecule is COCCNC(=O)C1CCN(Cc2ccc(Cl)cc2)CC1. The third-order valence-corrected chi connectivity index (χ3v) is 4.14. The maximum Gasteiger partial charge on any atom is 0.223 e. The number of carbonyl (C=O) groups is 1. The Balaban J connectivity index is 1.72. The van der Waals surface area contributed by atoms with Crippen molar-refractivity contribution in [3.8, 4) is 0 Å². The summed E-state index contributed by atoms with van der Waals surface area (Å²) in [6.45, 7) is 4.02. The van der Waals surface area contributed by atoms with Crippen molar-refractivity contribution in [1.29, 1.82) is 0 Å². The van der Waals surface area contributed by atoms with E-state index in [1.54, 1.807) is 7.11 Å². The molecule has 1 aromatic rings. The highest BCUT2D eigenvalue weighted by molar-refractivity contribution is 6.30.